The topological polar surface area (TPSA) is 45.7 Å². The van der Waals surface area contributed by atoms with Crippen LogP contribution in [0, 0.1) is 0 Å². The van der Waals surface area contributed by atoms with E-state index in [-0.39, 0.29) is 0 Å². The van der Waals surface area contributed by atoms with Gasteiger partial charge in [-0.25, -0.2) is 0 Å². The predicted octanol–water partition coefficient (Wildman–Crippen LogP) is 3.74. The molecule has 2 aromatic rings. The average molecular weight is 348 g/mol. The minimum atomic E-state index is 0.439. The third-order valence-electron chi connectivity index (χ3n) is 2.91. The summed E-state index contributed by atoms with van der Waals surface area (Å²) < 4.78 is 5.86. The minimum absolute atomic E-state index is 0.439. The monoisotopic (exact) mass is 347 g/mol. The molecular formula is C17H18ClN3OS. The van der Waals surface area contributed by atoms with E-state index in [0.717, 1.165) is 23.4 Å². The Morgan fingerprint density at radius 1 is 1.26 bits per heavy atom. The van der Waals surface area contributed by atoms with Gasteiger partial charge in [-0.3, -0.25) is 5.43 Å². The number of rotatable bonds is 6. The second kappa shape index (κ2) is 9.12. The van der Waals surface area contributed by atoms with E-state index < -0.39 is 0 Å². The Morgan fingerprint density at radius 2 is 2.09 bits per heavy atom. The van der Waals surface area contributed by atoms with E-state index in [1.54, 1.807) is 6.21 Å². The van der Waals surface area contributed by atoms with Crippen molar-refractivity contribution in [1.82, 2.24) is 10.7 Å². The Labute approximate surface area is 146 Å². The fourth-order valence-electron chi connectivity index (χ4n) is 1.87. The second-order valence-electron chi connectivity index (χ2n) is 4.69. The van der Waals surface area contributed by atoms with Gasteiger partial charge in [-0.2, -0.15) is 5.10 Å². The van der Waals surface area contributed by atoms with E-state index in [1.807, 2.05) is 55.5 Å². The average Bonchev–Trinajstić information content (AvgIpc) is 2.54. The number of halogens is 1. The lowest BCUT2D eigenvalue weighted by Crippen LogP contribution is -2.31. The van der Waals surface area contributed by atoms with E-state index in [4.69, 9.17) is 28.6 Å². The first-order chi connectivity index (χ1) is 11.2. The summed E-state index contributed by atoms with van der Waals surface area (Å²) in [6.45, 7) is 3.16. The summed E-state index contributed by atoms with van der Waals surface area (Å²) in [5, 5.41) is 8.25. The highest BCUT2D eigenvalue weighted by atomic mass is 35.5. The predicted molar refractivity (Wildman–Crippen MR) is 99.2 cm³/mol. The quantitative estimate of drug-likeness (QED) is 0.475. The summed E-state index contributed by atoms with van der Waals surface area (Å²) in [4.78, 5) is 0. The standard InChI is InChI=1S/C17H18ClN3OS/c1-2-19-17(23)21-20-11-14-7-3-4-9-16(14)22-12-13-6-5-8-15(18)10-13/h3-11H,2,12H2,1H3,(H2,19,21,23)/b20-11-. The maximum Gasteiger partial charge on any atom is 0.186 e. The van der Waals surface area contributed by atoms with Crippen molar-refractivity contribution in [3.63, 3.8) is 0 Å². The molecule has 2 N–H and O–H groups in total. The van der Waals surface area contributed by atoms with Gasteiger partial charge in [-0.15, -0.1) is 0 Å². The smallest absolute Gasteiger partial charge is 0.186 e. The van der Waals surface area contributed by atoms with Gasteiger partial charge in [0, 0.05) is 17.1 Å². The molecule has 0 heterocycles. The van der Waals surface area contributed by atoms with Gasteiger partial charge in [-0.1, -0.05) is 35.9 Å². The van der Waals surface area contributed by atoms with Crippen LogP contribution in [0.25, 0.3) is 0 Å². The zero-order valence-corrected chi connectivity index (χ0v) is 14.3. The highest BCUT2D eigenvalue weighted by Crippen LogP contribution is 2.18. The summed E-state index contributed by atoms with van der Waals surface area (Å²) in [5.41, 5.74) is 4.63. The first kappa shape index (κ1) is 17.2. The fourth-order valence-corrected chi connectivity index (χ4v) is 2.28. The van der Waals surface area contributed by atoms with Crippen LogP contribution in [0.2, 0.25) is 5.02 Å². The van der Waals surface area contributed by atoms with Crippen molar-refractivity contribution >= 4 is 35.1 Å². The van der Waals surface area contributed by atoms with E-state index in [1.165, 1.54) is 0 Å². The maximum atomic E-state index is 5.98. The lowest BCUT2D eigenvalue weighted by Gasteiger charge is -2.09. The number of hydrazone groups is 1. The number of nitrogens with one attached hydrogen (secondary N) is 2. The molecule has 2 aromatic carbocycles. The van der Waals surface area contributed by atoms with Gasteiger partial charge in [0.2, 0.25) is 0 Å². The van der Waals surface area contributed by atoms with Crippen molar-refractivity contribution < 1.29 is 4.74 Å². The molecule has 0 aliphatic rings. The van der Waals surface area contributed by atoms with Crippen LogP contribution in [-0.4, -0.2) is 17.9 Å². The van der Waals surface area contributed by atoms with E-state index in [9.17, 15) is 0 Å². The molecule has 0 aromatic heterocycles. The third-order valence-corrected chi connectivity index (χ3v) is 3.38. The molecule has 0 aliphatic carbocycles. The van der Waals surface area contributed by atoms with Crippen LogP contribution in [-0.2, 0) is 6.61 Å². The first-order valence-corrected chi connectivity index (χ1v) is 8.01. The van der Waals surface area contributed by atoms with Crippen LogP contribution in [0.15, 0.2) is 53.6 Å². The van der Waals surface area contributed by atoms with Crippen molar-refractivity contribution in [2.45, 2.75) is 13.5 Å². The minimum Gasteiger partial charge on any atom is -0.488 e. The van der Waals surface area contributed by atoms with Gasteiger partial charge in [0.25, 0.3) is 0 Å². The molecular weight excluding hydrogens is 330 g/mol. The number of nitrogens with zero attached hydrogens (tertiary/aromatic N) is 1. The van der Waals surface area contributed by atoms with Gasteiger partial charge in [0.1, 0.15) is 12.4 Å². The molecule has 0 amide bonds. The van der Waals surface area contributed by atoms with Crippen molar-refractivity contribution in [3.8, 4) is 5.75 Å². The highest BCUT2D eigenvalue weighted by molar-refractivity contribution is 7.80. The molecule has 0 atom stereocenters. The Kier molecular flexibility index (Phi) is 6.84. The van der Waals surface area contributed by atoms with Crippen LogP contribution in [0.4, 0.5) is 0 Å². The number of ether oxygens (including phenoxy) is 1. The van der Waals surface area contributed by atoms with Gasteiger partial charge in [0.15, 0.2) is 5.11 Å². The molecule has 0 bridgehead atoms. The zero-order chi connectivity index (χ0) is 16.5. The fraction of sp³-hybridized carbons (Fsp3) is 0.176. The molecule has 0 aliphatic heterocycles. The molecule has 0 unspecified atom stereocenters. The molecule has 4 nitrogen and oxygen atoms in total. The molecule has 6 heteroatoms. The zero-order valence-electron chi connectivity index (χ0n) is 12.8. The SMILES string of the molecule is CCNC(=S)N/N=C\c1ccccc1OCc1cccc(Cl)c1. The van der Waals surface area contributed by atoms with Crippen LogP contribution < -0.4 is 15.5 Å². The lowest BCUT2D eigenvalue weighted by molar-refractivity contribution is 0.306. The summed E-state index contributed by atoms with van der Waals surface area (Å²) in [7, 11) is 0. The van der Waals surface area contributed by atoms with E-state index >= 15 is 0 Å². The molecule has 0 spiro atoms. The Bertz CT molecular complexity index is 691. The summed E-state index contributed by atoms with van der Waals surface area (Å²) in [6.07, 6.45) is 1.68. The Balaban J connectivity index is 1.99. The molecule has 0 saturated carbocycles. The van der Waals surface area contributed by atoms with Crippen LogP contribution in [0.1, 0.15) is 18.1 Å². The summed E-state index contributed by atoms with van der Waals surface area (Å²) in [5.74, 6) is 0.743. The molecule has 0 fully saturated rings. The maximum absolute atomic E-state index is 5.98. The molecule has 23 heavy (non-hydrogen) atoms. The number of thiocarbonyl (C=S) groups is 1. The first-order valence-electron chi connectivity index (χ1n) is 7.22. The number of hydrogen-bond donors (Lipinski definition) is 2. The van der Waals surface area contributed by atoms with Crippen LogP contribution >= 0.6 is 23.8 Å². The third kappa shape index (κ3) is 5.88. The molecule has 120 valence electrons. The lowest BCUT2D eigenvalue weighted by atomic mass is 10.2. The Hall–Kier alpha value is -2.11. The highest BCUT2D eigenvalue weighted by Gasteiger charge is 2.02. The molecule has 0 radical (unpaired) electrons. The van der Waals surface area contributed by atoms with E-state index in [2.05, 4.69) is 15.8 Å². The van der Waals surface area contributed by atoms with Crippen molar-refractivity contribution in [1.29, 1.82) is 0 Å². The van der Waals surface area contributed by atoms with Crippen molar-refractivity contribution in [2.24, 2.45) is 5.10 Å². The van der Waals surface area contributed by atoms with Crippen molar-refractivity contribution in [2.75, 3.05) is 6.54 Å². The summed E-state index contributed by atoms with van der Waals surface area (Å²) >= 11 is 11.0. The number of para-hydroxylation sites is 1. The van der Waals surface area contributed by atoms with E-state index in [0.29, 0.717) is 16.7 Å². The number of hydrogen-bond acceptors (Lipinski definition) is 3. The second-order valence-corrected chi connectivity index (χ2v) is 5.53. The Morgan fingerprint density at radius 3 is 2.87 bits per heavy atom. The van der Waals surface area contributed by atoms with Crippen LogP contribution in [0.3, 0.4) is 0 Å². The van der Waals surface area contributed by atoms with Gasteiger partial charge in [0.05, 0.1) is 6.21 Å². The normalized spacial score (nSPS) is 10.5. The summed E-state index contributed by atoms with van der Waals surface area (Å²) in [6, 6.07) is 15.3. The number of benzene rings is 2. The van der Waals surface area contributed by atoms with Gasteiger partial charge < -0.3 is 10.1 Å². The molecule has 0 saturated heterocycles. The largest absolute Gasteiger partial charge is 0.488 e. The van der Waals surface area contributed by atoms with Crippen LogP contribution in [0.5, 0.6) is 5.75 Å². The van der Waals surface area contributed by atoms with Crippen molar-refractivity contribution in [3.05, 3.63) is 64.7 Å². The van der Waals surface area contributed by atoms with Gasteiger partial charge >= 0.3 is 0 Å². The molecule has 2 rings (SSSR count). The van der Waals surface area contributed by atoms with Gasteiger partial charge in [-0.05, 0) is 49.0 Å².